The second kappa shape index (κ2) is 10.6. The van der Waals surface area contributed by atoms with E-state index in [2.05, 4.69) is 10.2 Å². The highest BCUT2D eigenvalue weighted by atomic mass is 32.2. The van der Waals surface area contributed by atoms with E-state index in [1.165, 1.54) is 45.0 Å². The molecule has 0 bridgehead atoms. The third-order valence-electron chi connectivity index (χ3n) is 6.13. The van der Waals surface area contributed by atoms with Gasteiger partial charge in [0.2, 0.25) is 20.0 Å². The second-order valence-electron chi connectivity index (χ2n) is 8.65. The number of hydrogen-bond acceptors (Lipinski definition) is 7. The van der Waals surface area contributed by atoms with Crippen LogP contribution < -0.4 is 10.1 Å². The summed E-state index contributed by atoms with van der Waals surface area (Å²) in [6.07, 6.45) is 1.73. The number of amides is 1. The van der Waals surface area contributed by atoms with E-state index in [4.69, 9.17) is 4.74 Å². The van der Waals surface area contributed by atoms with Gasteiger partial charge < -0.3 is 15.0 Å². The van der Waals surface area contributed by atoms with E-state index in [0.717, 1.165) is 12.8 Å². The molecule has 2 aromatic carbocycles. The molecule has 0 aromatic heterocycles. The lowest BCUT2D eigenvalue weighted by atomic mass is 10.3. The summed E-state index contributed by atoms with van der Waals surface area (Å²) in [6.45, 7) is 3.04. The molecule has 0 spiro atoms. The van der Waals surface area contributed by atoms with E-state index in [1.807, 2.05) is 7.05 Å². The quantitative estimate of drug-likeness (QED) is 0.557. The van der Waals surface area contributed by atoms with Crippen LogP contribution in [0.2, 0.25) is 0 Å². The SMILES string of the molecule is CN1CCN(S(=O)(=O)c2ccc(NC(=O)COc3ccc(S(=O)(=O)N4CCCC4)cc3)cc2)CC1. The molecule has 12 heteroatoms. The molecule has 4 rings (SSSR count). The molecule has 1 amide bonds. The number of piperazine rings is 1. The number of sulfonamides is 2. The molecule has 35 heavy (non-hydrogen) atoms. The van der Waals surface area contributed by atoms with Crippen LogP contribution in [0.5, 0.6) is 5.75 Å². The van der Waals surface area contributed by atoms with E-state index in [9.17, 15) is 21.6 Å². The molecular formula is C23H30N4O6S2. The van der Waals surface area contributed by atoms with Crippen molar-refractivity contribution in [3.8, 4) is 5.75 Å². The highest BCUT2D eigenvalue weighted by molar-refractivity contribution is 7.89. The summed E-state index contributed by atoms with van der Waals surface area (Å²) in [6, 6.07) is 12.0. The van der Waals surface area contributed by atoms with Gasteiger partial charge in [0.1, 0.15) is 5.75 Å². The van der Waals surface area contributed by atoms with E-state index in [-0.39, 0.29) is 16.4 Å². The lowest BCUT2D eigenvalue weighted by Gasteiger charge is -2.31. The first-order valence-electron chi connectivity index (χ1n) is 11.5. The van der Waals surface area contributed by atoms with Gasteiger partial charge >= 0.3 is 0 Å². The number of benzene rings is 2. The van der Waals surface area contributed by atoms with Gasteiger partial charge in [0.15, 0.2) is 6.61 Å². The number of anilines is 1. The summed E-state index contributed by atoms with van der Waals surface area (Å²) in [5.74, 6) is -0.0532. The summed E-state index contributed by atoms with van der Waals surface area (Å²) in [5.41, 5.74) is 0.447. The number of nitrogens with zero attached hydrogens (tertiary/aromatic N) is 3. The Kier molecular flexibility index (Phi) is 7.77. The van der Waals surface area contributed by atoms with Gasteiger partial charge in [0, 0.05) is 45.0 Å². The Labute approximate surface area is 206 Å². The Balaban J connectivity index is 1.29. The van der Waals surface area contributed by atoms with Crippen LogP contribution in [0.3, 0.4) is 0 Å². The third kappa shape index (κ3) is 6.01. The van der Waals surface area contributed by atoms with Gasteiger partial charge in [-0.25, -0.2) is 16.8 Å². The maximum atomic E-state index is 12.8. The van der Waals surface area contributed by atoms with Crippen LogP contribution in [0.15, 0.2) is 58.3 Å². The fourth-order valence-corrected chi connectivity index (χ4v) is 6.96. The molecule has 2 aromatic rings. The van der Waals surface area contributed by atoms with Gasteiger partial charge in [-0.05, 0) is 68.4 Å². The molecule has 0 aliphatic carbocycles. The molecule has 2 aliphatic heterocycles. The van der Waals surface area contributed by atoms with Crippen LogP contribution in [0.4, 0.5) is 5.69 Å². The summed E-state index contributed by atoms with van der Waals surface area (Å²) >= 11 is 0. The van der Waals surface area contributed by atoms with Gasteiger partial charge in [-0.1, -0.05) is 0 Å². The molecule has 2 fully saturated rings. The Morgan fingerprint density at radius 3 is 1.80 bits per heavy atom. The van der Waals surface area contributed by atoms with Crippen LogP contribution >= 0.6 is 0 Å². The highest BCUT2D eigenvalue weighted by Crippen LogP contribution is 2.23. The van der Waals surface area contributed by atoms with Gasteiger partial charge in [-0.2, -0.15) is 8.61 Å². The number of nitrogens with one attached hydrogen (secondary N) is 1. The summed E-state index contributed by atoms with van der Waals surface area (Å²) < 4.78 is 59.2. The predicted molar refractivity (Wildman–Crippen MR) is 131 cm³/mol. The number of rotatable bonds is 8. The molecule has 0 saturated carbocycles. The van der Waals surface area contributed by atoms with Crippen molar-refractivity contribution in [2.24, 2.45) is 0 Å². The Morgan fingerprint density at radius 2 is 1.26 bits per heavy atom. The molecule has 0 radical (unpaired) electrons. The van der Waals surface area contributed by atoms with Gasteiger partial charge in [0.05, 0.1) is 9.79 Å². The number of hydrogen-bond donors (Lipinski definition) is 1. The van der Waals surface area contributed by atoms with Gasteiger partial charge in [-0.15, -0.1) is 0 Å². The van der Waals surface area contributed by atoms with E-state index >= 15 is 0 Å². The van der Waals surface area contributed by atoms with Crippen LogP contribution in [0.25, 0.3) is 0 Å². The minimum Gasteiger partial charge on any atom is -0.484 e. The molecular weight excluding hydrogens is 492 g/mol. The highest BCUT2D eigenvalue weighted by Gasteiger charge is 2.28. The van der Waals surface area contributed by atoms with E-state index in [0.29, 0.717) is 50.7 Å². The van der Waals surface area contributed by atoms with Gasteiger partial charge in [-0.3, -0.25) is 4.79 Å². The van der Waals surface area contributed by atoms with Crippen molar-refractivity contribution in [3.63, 3.8) is 0 Å². The lowest BCUT2D eigenvalue weighted by Crippen LogP contribution is -2.46. The topological polar surface area (TPSA) is 116 Å². The van der Waals surface area contributed by atoms with Crippen molar-refractivity contribution in [2.45, 2.75) is 22.6 Å². The minimum absolute atomic E-state index is 0.181. The zero-order valence-electron chi connectivity index (χ0n) is 19.6. The molecule has 0 unspecified atom stereocenters. The summed E-state index contributed by atoms with van der Waals surface area (Å²) in [4.78, 5) is 14.7. The normalized spacial score (nSPS) is 18.4. The molecule has 10 nitrogen and oxygen atoms in total. The van der Waals surface area contributed by atoms with Gasteiger partial charge in [0.25, 0.3) is 5.91 Å². The number of carbonyl (C=O) groups is 1. The smallest absolute Gasteiger partial charge is 0.262 e. The first-order valence-corrected chi connectivity index (χ1v) is 14.4. The van der Waals surface area contributed by atoms with Crippen molar-refractivity contribution in [3.05, 3.63) is 48.5 Å². The van der Waals surface area contributed by atoms with Crippen LogP contribution in [0.1, 0.15) is 12.8 Å². The molecule has 2 aliphatic rings. The zero-order valence-corrected chi connectivity index (χ0v) is 21.2. The fourth-order valence-electron chi connectivity index (χ4n) is 4.02. The second-order valence-corrected chi connectivity index (χ2v) is 12.5. The predicted octanol–water partition coefficient (Wildman–Crippen LogP) is 1.42. The van der Waals surface area contributed by atoms with Crippen LogP contribution in [-0.2, 0) is 24.8 Å². The molecule has 1 N–H and O–H groups in total. The summed E-state index contributed by atoms with van der Waals surface area (Å²) in [5, 5.41) is 2.67. The van der Waals surface area contributed by atoms with E-state index < -0.39 is 26.0 Å². The van der Waals surface area contributed by atoms with Crippen LogP contribution in [0, 0.1) is 0 Å². The average molecular weight is 523 g/mol. The first-order chi connectivity index (χ1) is 16.7. The zero-order chi connectivity index (χ0) is 25.1. The molecule has 2 saturated heterocycles. The van der Waals surface area contributed by atoms with E-state index in [1.54, 1.807) is 12.1 Å². The average Bonchev–Trinajstić information content (AvgIpc) is 3.40. The van der Waals surface area contributed by atoms with Crippen molar-refractivity contribution in [1.29, 1.82) is 0 Å². The first kappa shape index (κ1) is 25.6. The van der Waals surface area contributed by atoms with Crippen molar-refractivity contribution in [1.82, 2.24) is 13.5 Å². The number of likely N-dealkylation sites (N-methyl/N-ethyl adjacent to an activating group) is 1. The minimum atomic E-state index is -3.57. The molecule has 190 valence electrons. The monoisotopic (exact) mass is 522 g/mol. The van der Waals surface area contributed by atoms with Crippen molar-refractivity contribution >= 4 is 31.6 Å². The third-order valence-corrected chi connectivity index (χ3v) is 9.96. The number of ether oxygens (including phenoxy) is 1. The lowest BCUT2D eigenvalue weighted by molar-refractivity contribution is -0.118. The molecule has 0 atom stereocenters. The largest absolute Gasteiger partial charge is 0.484 e. The number of carbonyl (C=O) groups excluding carboxylic acids is 1. The Bertz CT molecular complexity index is 1230. The maximum Gasteiger partial charge on any atom is 0.262 e. The Morgan fingerprint density at radius 1 is 0.771 bits per heavy atom. The van der Waals surface area contributed by atoms with Crippen molar-refractivity contribution in [2.75, 3.05) is 58.2 Å². The standard InChI is InChI=1S/C23H30N4O6S2/c1-25-14-16-27(17-15-25)35(31,32)21-8-4-19(5-9-21)24-23(28)18-33-20-6-10-22(11-7-20)34(29,30)26-12-2-3-13-26/h4-11H,2-3,12-18H2,1H3,(H,24,28). The Hall–Kier alpha value is -2.51. The summed E-state index contributed by atoms with van der Waals surface area (Å²) in [7, 11) is -5.12. The molecule has 2 heterocycles. The fraction of sp³-hybridized carbons (Fsp3) is 0.435. The van der Waals surface area contributed by atoms with Crippen molar-refractivity contribution < 1.29 is 26.4 Å². The van der Waals surface area contributed by atoms with Crippen LogP contribution in [-0.4, -0.2) is 89.2 Å². The maximum absolute atomic E-state index is 12.8.